The molecule has 1 aromatic heterocycles. The molecule has 0 spiro atoms. The summed E-state index contributed by atoms with van der Waals surface area (Å²) in [6, 6.07) is 7.35. The van der Waals surface area contributed by atoms with Crippen LogP contribution >= 0.6 is 0 Å². The fourth-order valence-electron chi connectivity index (χ4n) is 2.76. The molecule has 0 saturated heterocycles. The second kappa shape index (κ2) is 8.51. The van der Waals surface area contributed by atoms with Gasteiger partial charge in [-0.1, -0.05) is 17.6 Å². The molecule has 0 bridgehead atoms. The minimum absolute atomic E-state index is 0.0637. The fourth-order valence-corrected chi connectivity index (χ4v) is 2.76. The van der Waals surface area contributed by atoms with Crippen LogP contribution in [0.1, 0.15) is 50.7 Å². The summed E-state index contributed by atoms with van der Waals surface area (Å²) in [4.78, 5) is 25.9. The second-order valence-electron chi connectivity index (χ2n) is 8.42. The monoisotopic (exact) mass is 399 g/mol. The van der Waals surface area contributed by atoms with Crippen LogP contribution in [-0.2, 0) is 16.0 Å². The molecule has 156 valence electrons. The van der Waals surface area contributed by atoms with E-state index in [0.717, 1.165) is 16.7 Å². The van der Waals surface area contributed by atoms with Gasteiger partial charge in [-0.15, -0.1) is 0 Å². The van der Waals surface area contributed by atoms with Gasteiger partial charge in [0.05, 0.1) is 11.2 Å². The number of Topliss-reactive ketones (excluding diaryl/α,β-unsaturated/α-hetero) is 1. The molecule has 29 heavy (non-hydrogen) atoms. The molecule has 0 radical (unpaired) electrons. The van der Waals surface area contributed by atoms with Crippen LogP contribution < -0.4 is 10.4 Å². The molecule has 2 aromatic rings. The Bertz CT molecular complexity index is 900. The first kappa shape index (κ1) is 22.8. The van der Waals surface area contributed by atoms with Crippen molar-refractivity contribution in [2.24, 2.45) is 0 Å². The quantitative estimate of drug-likeness (QED) is 0.682. The van der Waals surface area contributed by atoms with Gasteiger partial charge in [0.1, 0.15) is 12.2 Å². The maximum atomic E-state index is 12.9. The lowest BCUT2D eigenvalue weighted by atomic mass is 9.82. The summed E-state index contributed by atoms with van der Waals surface area (Å²) in [5.41, 5.74) is 1.31. The number of hydrogen-bond donors (Lipinski definition) is 1. The molecule has 0 atom stereocenters. The number of rotatable bonds is 8. The van der Waals surface area contributed by atoms with Crippen LogP contribution in [0.4, 0.5) is 5.69 Å². The van der Waals surface area contributed by atoms with E-state index in [-0.39, 0.29) is 18.2 Å². The zero-order valence-electron chi connectivity index (χ0n) is 18.3. The Morgan fingerprint density at radius 2 is 1.90 bits per heavy atom. The highest BCUT2D eigenvalue weighted by molar-refractivity contribution is 6.47. The van der Waals surface area contributed by atoms with Gasteiger partial charge in [-0.25, -0.2) is 0 Å². The van der Waals surface area contributed by atoms with Crippen molar-refractivity contribution in [3.05, 3.63) is 41.7 Å². The predicted molar refractivity (Wildman–Crippen MR) is 115 cm³/mol. The average Bonchev–Trinajstić information content (AvgIpc) is 3.05. The van der Waals surface area contributed by atoms with Gasteiger partial charge in [0.2, 0.25) is 0 Å². The van der Waals surface area contributed by atoms with E-state index in [2.05, 4.69) is 5.10 Å². The summed E-state index contributed by atoms with van der Waals surface area (Å²) in [5.74, 6) is -0.307. The summed E-state index contributed by atoms with van der Waals surface area (Å²) >= 11 is 0. The van der Waals surface area contributed by atoms with Gasteiger partial charge in [0.15, 0.2) is 5.78 Å². The van der Waals surface area contributed by atoms with Crippen LogP contribution in [0.15, 0.2) is 30.5 Å². The zero-order chi connectivity index (χ0) is 22.0. The molecule has 1 heterocycles. The maximum absolute atomic E-state index is 12.9. The molecule has 2 rings (SSSR count). The van der Waals surface area contributed by atoms with E-state index >= 15 is 0 Å². The summed E-state index contributed by atoms with van der Waals surface area (Å²) in [5, 5.41) is 14.3. The van der Waals surface area contributed by atoms with Crippen molar-refractivity contribution in [2.75, 3.05) is 11.9 Å². The summed E-state index contributed by atoms with van der Waals surface area (Å²) < 4.78 is 7.33. The van der Waals surface area contributed by atoms with Crippen LogP contribution in [0.2, 0.25) is 0 Å². The lowest BCUT2D eigenvalue weighted by Crippen LogP contribution is -2.49. The number of aromatic nitrogens is 2. The van der Waals surface area contributed by atoms with Crippen molar-refractivity contribution in [2.45, 2.75) is 59.3 Å². The van der Waals surface area contributed by atoms with E-state index in [0.29, 0.717) is 13.2 Å². The molecule has 1 N–H and O–H groups in total. The van der Waals surface area contributed by atoms with Gasteiger partial charge in [0.25, 0.3) is 5.91 Å². The Kier molecular flexibility index (Phi) is 6.70. The summed E-state index contributed by atoms with van der Waals surface area (Å²) in [6.07, 6.45) is 1.52. The van der Waals surface area contributed by atoms with Crippen LogP contribution in [-0.4, -0.2) is 52.3 Å². The third-order valence-electron chi connectivity index (χ3n) is 5.31. The topological polar surface area (TPSA) is 84.7 Å². The van der Waals surface area contributed by atoms with E-state index in [1.165, 1.54) is 17.8 Å². The van der Waals surface area contributed by atoms with Crippen LogP contribution in [0.25, 0.3) is 0 Å². The van der Waals surface area contributed by atoms with Gasteiger partial charge in [-0.3, -0.25) is 14.3 Å². The number of anilines is 1. The normalized spacial score (nSPS) is 12.0. The van der Waals surface area contributed by atoms with Crippen LogP contribution in [0.3, 0.4) is 0 Å². The van der Waals surface area contributed by atoms with E-state index in [4.69, 9.17) is 4.65 Å². The Morgan fingerprint density at radius 1 is 1.24 bits per heavy atom. The third kappa shape index (κ3) is 5.33. The highest BCUT2D eigenvalue weighted by Crippen LogP contribution is 2.24. The zero-order valence-corrected chi connectivity index (χ0v) is 18.3. The number of aryl methyl sites for hydroxylation is 1. The number of hydrogen-bond acceptors (Lipinski definition) is 5. The van der Waals surface area contributed by atoms with Crippen molar-refractivity contribution < 1.29 is 19.3 Å². The first-order chi connectivity index (χ1) is 13.3. The number of carbonyl (C=O) groups is 2. The molecule has 0 aliphatic carbocycles. The number of ketones is 1. The highest BCUT2D eigenvalue weighted by Gasteiger charge is 2.35. The predicted octanol–water partition coefficient (Wildman–Crippen LogP) is 1.60. The van der Waals surface area contributed by atoms with Crippen molar-refractivity contribution in [1.29, 1.82) is 0 Å². The fraction of sp³-hybridized carbons (Fsp3) is 0.476. The minimum atomic E-state index is -0.975. The smallest absolute Gasteiger partial charge is 0.309 e. The SMILES string of the molecule is CC(=O)Cn1nccc1C(=O)N(C)c1ccc(BOC(C)(C)C(C)(C)O)cc1C. The molecule has 0 saturated carbocycles. The van der Waals surface area contributed by atoms with Gasteiger partial charge in [0, 0.05) is 18.9 Å². The molecular formula is C21H30BN3O4. The lowest BCUT2D eigenvalue weighted by Gasteiger charge is -2.37. The second-order valence-corrected chi connectivity index (χ2v) is 8.42. The first-order valence-corrected chi connectivity index (χ1v) is 9.58. The van der Waals surface area contributed by atoms with Gasteiger partial charge < -0.3 is 14.7 Å². The number of benzene rings is 1. The highest BCUT2D eigenvalue weighted by atomic mass is 16.5. The standard InChI is InChI=1S/C21H30BN3O4/c1-14-12-16(22-29-21(5,6)20(3,4)28)8-9-17(14)24(7)19(27)18-10-11-23-25(18)13-15(2)26/h8-12,22,28H,13H2,1-7H3. The van der Waals surface area contributed by atoms with Crippen LogP contribution in [0, 0.1) is 6.92 Å². The van der Waals surface area contributed by atoms with Gasteiger partial charge in [-0.05, 0) is 59.2 Å². The molecule has 1 amide bonds. The van der Waals surface area contributed by atoms with Crippen LogP contribution in [0.5, 0.6) is 0 Å². The van der Waals surface area contributed by atoms with E-state index in [1.54, 1.807) is 31.9 Å². The summed E-state index contributed by atoms with van der Waals surface area (Å²) in [7, 11) is 2.05. The molecule has 8 heteroatoms. The largest absolute Gasteiger partial charge is 0.427 e. The maximum Gasteiger partial charge on any atom is 0.309 e. The van der Waals surface area contributed by atoms with Crippen molar-refractivity contribution in [1.82, 2.24) is 9.78 Å². The van der Waals surface area contributed by atoms with E-state index < -0.39 is 11.2 Å². The van der Waals surface area contributed by atoms with Crippen molar-refractivity contribution >= 4 is 30.3 Å². The number of carbonyl (C=O) groups excluding carboxylic acids is 2. The van der Waals surface area contributed by atoms with Crippen molar-refractivity contribution in [3.63, 3.8) is 0 Å². The van der Waals surface area contributed by atoms with Gasteiger partial charge >= 0.3 is 7.48 Å². The Hall–Kier alpha value is -2.45. The lowest BCUT2D eigenvalue weighted by molar-refractivity contribution is -0.117. The molecule has 7 nitrogen and oxygen atoms in total. The minimum Gasteiger partial charge on any atom is -0.427 e. The molecule has 0 fully saturated rings. The Morgan fingerprint density at radius 3 is 2.45 bits per heavy atom. The first-order valence-electron chi connectivity index (χ1n) is 9.58. The Labute approximate surface area is 172 Å². The van der Waals surface area contributed by atoms with E-state index in [9.17, 15) is 14.7 Å². The molecule has 1 aromatic carbocycles. The molecule has 0 aliphatic rings. The molecule has 0 unspecified atom stereocenters. The van der Waals surface area contributed by atoms with Gasteiger partial charge in [-0.2, -0.15) is 5.10 Å². The average molecular weight is 399 g/mol. The van der Waals surface area contributed by atoms with Crippen molar-refractivity contribution in [3.8, 4) is 0 Å². The summed E-state index contributed by atoms with van der Waals surface area (Å²) in [6.45, 7) is 10.6. The number of nitrogens with zero attached hydrogens (tertiary/aromatic N) is 3. The molecular weight excluding hydrogens is 369 g/mol. The third-order valence-corrected chi connectivity index (χ3v) is 5.31. The van der Waals surface area contributed by atoms with E-state index in [1.807, 2.05) is 39.0 Å². The molecule has 0 aliphatic heterocycles. The number of amides is 1. The Balaban J connectivity index is 2.17. The number of aliphatic hydroxyl groups is 1.